The monoisotopic (exact) mass is 436 g/mol. The minimum absolute atomic E-state index is 0.0564. The first-order valence-corrected chi connectivity index (χ1v) is 11.4. The first-order chi connectivity index (χ1) is 15.4. The Kier molecular flexibility index (Phi) is 6.86. The summed E-state index contributed by atoms with van der Waals surface area (Å²) in [6.45, 7) is 6.32. The highest BCUT2D eigenvalue weighted by Gasteiger charge is 2.41. The van der Waals surface area contributed by atoms with Gasteiger partial charge in [-0.05, 0) is 68.0 Å². The average Bonchev–Trinajstić information content (AvgIpc) is 3.21. The van der Waals surface area contributed by atoms with Crippen LogP contribution in [0.3, 0.4) is 0 Å². The van der Waals surface area contributed by atoms with Gasteiger partial charge in [0.05, 0.1) is 12.1 Å². The molecule has 1 aromatic carbocycles. The van der Waals surface area contributed by atoms with Gasteiger partial charge in [0, 0.05) is 50.2 Å². The molecule has 0 bridgehead atoms. The molecule has 0 radical (unpaired) electrons. The van der Waals surface area contributed by atoms with Crippen LogP contribution in [0.5, 0.6) is 0 Å². The van der Waals surface area contributed by atoms with E-state index in [1.54, 1.807) is 12.4 Å². The molecule has 0 spiro atoms. The number of carbonyl (C=O) groups is 2. The lowest BCUT2D eigenvalue weighted by molar-refractivity contribution is -0.126. The highest BCUT2D eigenvalue weighted by molar-refractivity contribution is 5.94. The van der Waals surface area contributed by atoms with Crippen molar-refractivity contribution in [2.24, 2.45) is 0 Å². The molecule has 2 aromatic rings. The van der Waals surface area contributed by atoms with E-state index in [4.69, 9.17) is 0 Å². The minimum Gasteiger partial charge on any atom is -0.392 e. The van der Waals surface area contributed by atoms with E-state index in [0.29, 0.717) is 32.6 Å². The zero-order valence-electron chi connectivity index (χ0n) is 18.8. The fraction of sp³-hybridized carbons (Fsp3) is 0.480. The van der Waals surface area contributed by atoms with E-state index in [2.05, 4.69) is 15.2 Å². The summed E-state index contributed by atoms with van der Waals surface area (Å²) in [4.78, 5) is 34.0. The summed E-state index contributed by atoms with van der Waals surface area (Å²) < 4.78 is 0. The Morgan fingerprint density at radius 2 is 1.94 bits per heavy atom. The summed E-state index contributed by atoms with van der Waals surface area (Å²) >= 11 is 0. The maximum Gasteiger partial charge on any atom is 0.253 e. The van der Waals surface area contributed by atoms with Crippen LogP contribution >= 0.6 is 0 Å². The standard InChI is InChI=1S/C25H32N4O3/c1-17-5-6-20(12-18(17)2)25(32)28-10-7-21(8-11-28)29-16-22(30)13-23(29)24(31)27-15-19-4-3-9-26-14-19/h3-6,9,12,14,21-23,30H,7-8,10-11,13,15-16H2,1-2H3,(H,27,31). The molecule has 2 unspecified atom stereocenters. The number of nitrogens with one attached hydrogen (secondary N) is 1. The second kappa shape index (κ2) is 9.79. The van der Waals surface area contributed by atoms with Gasteiger partial charge in [0.1, 0.15) is 0 Å². The number of rotatable bonds is 5. The molecule has 170 valence electrons. The summed E-state index contributed by atoms with van der Waals surface area (Å²) in [5.74, 6) is 0.0119. The van der Waals surface area contributed by atoms with Gasteiger partial charge >= 0.3 is 0 Å². The first kappa shape index (κ1) is 22.4. The predicted molar refractivity (Wildman–Crippen MR) is 122 cm³/mol. The van der Waals surface area contributed by atoms with Gasteiger partial charge in [-0.2, -0.15) is 0 Å². The van der Waals surface area contributed by atoms with Crippen LogP contribution in [0.25, 0.3) is 0 Å². The second-order valence-corrected chi connectivity index (χ2v) is 9.00. The van der Waals surface area contributed by atoms with Gasteiger partial charge in [0.25, 0.3) is 5.91 Å². The van der Waals surface area contributed by atoms with Gasteiger partial charge < -0.3 is 15.3 Å². The molecule has 2 N–H and O–H groups in total. The topological polar surface area (TPSA) is 85.8 Å². The molecule has 7 nitrogen and oxygen atoms in total. The van der Waals surface area contributed by atoms with Crippen LogP contribution in [0.2, 0.25) is 0 Å². The summed E-state index contributed by atoms with van der Waals surface area (Å²) in [5, 5.41) is 13.3. The molecule has 0 aliphatic carbocycles. The Balaban J connectivity index is 1.34. The van der Waals surface area contributed by atoms with Crippen LogP contribution < -0.4 is 5.32 Å². The molecule has 2 saturated heterocycles. The number of pyridine rings is 1. The largest absolute Gasteiger partial charge is 0.392 e. The zero-order valence-corrected chi connectivity index (χ0v) is 18.8. The third-order valence-corrected chi connectivity index (χ3v) is 6.78. The van der Waals surface area contributed by atoms with Crippen LogP contribution in [-0.2, 0) is 11.3 Å². The van der Waals surface area contributed by atoms with E-state index in [9.17, 15) is 14.7 Å². The molecule has 32 heavy (non-hydrogen) atoms. The number of carbonyl (C=O) groups excluding carboxylic acids is 2. The fourth-order valence-corrected chi connectivity index (χ4v) is 4.77. The highest BCUT2D eigenvalue weighted by Crippen LogP contribution is 2.27. The maximum atomic E-state index is 12.9. The van der Waals surface area contributed by atoms with Crippen molar-refractivity contribution in [1.82, 2.24) is 20.1 Å². The Bertz CT molecular complexity index is 957. The van der Waals surface area contributed by atoms with Crippen LogP contribution in [-0.4, -0.2) is 69.5 Å². The predicted octanol–water partition coefficient (Wildman–Crippen LogP) is 2.05. The van der Waals surface area contributed by atoms with E-state index < -0.39 is 6.10 Å². The van der Waals surface area contributed by atoms with Crippen molar-refractivity contribution < 1.29 is 14.7 Å². The molecule has 1 aromatic heterocycles. The SMILES string of the molecule is Cc1ccc(C(=O)N2CCC(N3CC(O)CC3C(=O)NCc3cccnc3)CC2)cc1C. The van der Waals surface area contributed by atoms with E-state index in [1.807, 2.05) is 49.1 Å². The van der Waals surface area contributed by atoms with Gasteiger partial charge in [-0.25, -0.2) is 0 Å². The number of aliphatic hydroxyl groups excluding tert-OH is 1. The van der Waals surface area contributed by atoms with Crippen LogP contribution in [0.4, 0.5) is 0 Å². The van der Waals surface area contributed by atoms with Crippen molar-refractivity contribution in [1.29, 1.82) is 0 Å². The maximum absolute atomic E-state index is 12.9. The van der Waals surface area contributed by atoms with E-state index in [-0.39, 0.29) is 23.9 Å². The first-order valence-electron chi connectivity index (χ1n) is 11.4. The lowest BCUT2D eigenvalue weighted by atomic mass is 10.00. The smallest absolute Gasteiger partial charge is 0.253 e. The van der Waals surface area contributed by atoms with Crippen LogP contribution in [0.1, 0.15) is 46.3 Å². The van der Waals surface area contributed by atoms with Crippen molar-refractivity contribution in [3.05, 3.63) is 65.0 Å². The normalized spacial score (nSPS) is 22.2. The lowest BCUT2D eigenvalue weighted by Gasteiger charge is -2.39. The minimum atomic E-state index is -0.501. The van der Waals surface area contributed by atoms with Gasteiger partial charge in [0.2, 0.25) is 5.91 Å². The molecule has 2 aliphatic heterocycles. The second-order valence-electron chi connectivity index (χ2n) is 9.00. The van der Waals surface area contributed by atoms with Crippen molar-refractivity contribution in [3.8, 4) is 0 Å². The molecule has 0 saturated carbocycles. The fourth-order valence-electron chi connectivity index (χ4n) is 4.77. The van der Waals surface area contributed by atoms with Crippen LogP contribution in [0, 0.1) is 13.8 Å². The number of nitrogens with zero attached hydrogens (tertiary/aromatic N) is 3. The lowest BCUT2D eigenvalue weighted by Crippen LogP contribution is -2.52. The van der Waals surface area contributed by atoms with Crippen molar-refractivity contribution >= 4 is 11.8 Å². The zero-order chi connectivity index (χ0) is 22.7. The van der Waals surface area contributed by atoms with Gasteiger partial charge in [0.15, 0.2) is 0 Å². The molecule has 7 heteroatoms. The summed E-state index contributed by atoms with van der Waals surface area (Å²) in [7, 11) is 0. The summed E-state index contributed by atoms with van der Waals surface area (Å²) in [6.07, 6.45) is 4.99. The average molecular weight is 437 g/mol. The number of aromatic nitrogens is 1. The molecule has 2 amide bonds. The van der Waals surface area contributed by atoms with Gasteiger partial charge in [-0.1, -0.05) is 12.1 Å². The Morgan fingerprint density at radius 1 is 1.16 bits per heavy atom. The van der Waals surface area contributed by atoms with E-state index in [1.165, 1.54) is 5.56 Å². The van der Waals surface area contributed by atoms with Gasteiger partial charge in [-0.15, -0.1) is 0 Å². The van der Waals surface area contributed by atoms with E-state index >= 15 is 0 Å². The van der Waals surface area contributed by atoms with Crippen molar-refractivity contribution in [2.75, 3.05) is 19.6 Å². The molecular weight excluding hydrogens is 404 g/mol. The van der Waals surface area contributed by atoms with Gasteiger partial charge in [-0.3, -0.25) is 19.5 Å². The Morgan fingerprint density at radius 3 is 2.62 bits per heavy atom. The number of piperidine rings is 1. The number of hydrogen-bond acceptors (Lipinski definition) is 5. The molecule has 2 atom stereocenters. The summed E-state index contributed by atoms with van der Waals surface area (Å²) in [5.41, 5.74) is 3.98. The number of aryl methyl sites for hydroxylation is 2. The Labute approximate surface area is 189 Å². The van der Waals surface area contributed by atoms with Crippen molar-refractivity contribution in [3.63, 3.8) is 0 Å². The third kappa shape index (κ3) is 5.00. The quantitative estimate of drug-likeness (QED) is 0.749. The number of β-amino-alcohol motifs (C(OH)–C–C–N with tert-alkyl or cyclic N) is 1. The summed E-state index contributed by atoms with van der Waals surface area (Å²) in [6, 6.07) is 9.48. The molecular formula is C25H32N4O3. The molecule has 2 fully saturated rings. The van der Waals surface area contributed by atoms with Crippen LogP contribution in [0.15, 0.2) is 42.7 Å². The number of likely N-dealkylation sites (tertiary alicyclic amines) is 2. The Hall–Kier alpha value is -2.77. The van der Waals surface area contributed by atoms with Crippen molar-refractivity contribution in [2.45, 2.75) is 57.8 Å². The number of benzene rings is 1. The number of amides is 2. The molecule has 3 heterocycles. The number of hydrogen-bond donors (Lipinski definition) is 2. The third-order valence-electron chi connectivity index (χ3n) is 6.78. The molecule has 4 rings (SSSR count). The molecule has 2 aliphatic rings. The highest BCUT2D eigenvalue weighted by atomic mass is 16.3. The van der Waals surface area contributed by atoms with E-state index in [0.717, 1.165) is 29.5 Å². The number of aliphatic hydroxyl groups is 1.